The van der Waals surface area contributed by atoms with E-state index >= 15 is 0 Å². The number of rotatable bonds is 12. The number of carbonyl (C=O) groups is 1. The third-order valence-electron chi connectivity index (χ3n) is 4.71. The van der Waals surface area contributed by atoms with Gasteiger partial charge in [-0.25, -0.2) is 0 Å². The van der Waals surface area contributed by atoms with Crippen molar-refractivity contribution in [1.29, 1.82) is 0 Å². The zero-order valence-electron chi connectivity index (χ0n) is 18.6. The van der Waals surface area contributed by atoms with Crippen LogP contribution in [0, 0.1) is 0 Å². The number of unbranched alkanes of at least 4 members (excludes halogenated alkanes) is 3. The quantitative estimate of drug-likeness (QED) is 0.451. The number of ketones is 1. The van der Waals surface area contributed by atoms with E-state index in [1.165, 1.54) is 12.8 Å². The molecular formula is C21H39N3O4V. The Bertz CT molecular complexity index is 526. The van der Waals surface area contributed by atoms with Crippen LogP contribution in [-0.4, -0.2) is 53.3 Å². The molecule has 0 aliphatic carbocycles. The first-order valence-electron chi connectivity index (χ1n) is 10.7. The maximum absolute atomic E-state index is 10.9. The van der Waals surface area contributed by atoms with Crippen molar-refractivity contribution >= 4 is 5.78 Å². The number of hydrogen-bond acceptors (Lipinski definition) is 6. The van der Waals surface area contributed by atoms with Gasteiger partial charge in [-0.2, -0.15) is 0 Å². The van der Waals surface area contributed by atoms with Crippen molar-refractivity contribution in [2.24, 2.45) is 0 Å². The van der Waals surface area contributed by atoms with Crippen molar-refractivity contribution in [2.75, 3.05) is 20.3 Å². The van der Waals surface area contributed by atoms with Gasteiger partial charge in [0, 0.05) is 51.7 Å². The number of nitrogens with zero attached hydrogens (tertiary/aromatic N) is 3. The van der Waals surface area contributed by atoms with Gasteiger partial charge in [-0.15, -0.1) is 5.10 Å². The van der Waals surface area contributed by atoms with Crippen LogP contribution in [0.1, 0.15) is 77.8 Å². The first-order valence-corrected chi connectivity index (χ1v) is 10.7. The average molecular weight is 449 g/mol. The molecule has 0 unspecified atom stereocenters. The second-order valence-corrected chi connectivity index (χ2v) is 7.38. The van der Waals surface area contributed by atoms with Crippen LogP contribution in [0.3, 0.4) is 0 Å². The molecule has 1 aliphatic heterocycles. The van der Waals surface area contributed by atoms with Crippen molar-refractivity contribution in [3.63, 3.8) is 0 Å². The van der Waals surface area contributed by atoms with Gasteiger partial charge in [-0.1, -0.05) is 38.3 Å². The van der Waals surface area contributed by atoms with Gasteiger partial charge >= 0.3 is 0 Å². The van der Waals surface area contributed by atoms with Crippen LogP contribution >= 0.6 is 0 Å². The molecule has 1 fully saturated rings. The van der Waals surface area contributed by atoms with Crippen molar-refractivity contribution in [3.05, 3.63) is 11.9 Å². The molecule has 0 saturated carbocycles. The third-order valence-corrected chi connectivity index (χ3v) is 4.71. The van der Waals surface area contributed by atoms with E-state index in [1.807, 2.05) is 10.9 Å². The van der Waals surface area contributed by atoms with E-state index in [0.29, 0.717) is 19.6 Å². The van der Waals surface area contributed by atoms with Crippen molar-refractivity contribution in [2.45, 2.75) is 97.5 Å². The Kier molecular flexibility index (Phi) is 17.6. The molecule has 7 nitrogen and oxygen atoms in total. The summed E-state index contributed by atoms with van der Waals surface area (Å²) in [4.78, 5) is 10.9. The fraction of sp³-hybridized carbons (Fsp3) is 0.857. The molecular weight excluding hydrogens is 409 g/mol. The molecule has 0 bridgehead atoms. The monoisotopic (exact) mass is 448 g/mol. The first kappa shape index (κ1) is 28.3. The van der Waals surface area contributed by atoms with E-state index in [1.54, 1.807) is 14.0 Å². The summed E-state index contributed by atoms with van der Waals surface area (Å²) in [6, 6.07) is 0. The first-order chi connectivity index (χ1) is 13.6. The molecule has 2 rings (SSSR count). The second kappa shape index (κ2) is 18.1. The van der Waals surface area contributed by atoms with Gasteiger partial charge in [0.1, 0.15) is 11.5 Å². The van der Waals surface area contributed by atoms with Crippen LogP contribution in [0.4, 0.5) is 0 Å². The molecule has 1 aliphatic rings. The normalized spacial score (nSPS) is 18.5. The Morgan fingerprint density at radius 1 is 1.28 bits per heavy atom. The van der Waals surface area contributed by atoms with Crippen molar-refractivity contribution in [1.82, 2.24) is 15.0 Å². The van der Waals surface area contributed by atoms with Gasteiger partial charge in [-0.05, 0) is 26.2 Å². The van der Waals surface area contributed by atoms with E-state index in [9.17, 15) is 4.79 Å². The zero-order chi connectivity index (χ0) is 20.6. The maximum atomic E-state index is 10.9. The minimum atomic E-state index is 0. The molecule has 167 valence electrons. The summed E-state index contributed by atoms with van der Waals surface area (Å²) in [6.45, 7) is 8.55. The van der Waals surface area contributed by atoms with Crippen LogP contribution in [0.25, 0.3) is 0 Å². The number of aromatic nitrogens is 3. The molecule has 0 amide bonds. The standard InChI is InChI=1S/C17H29N3O4.C4H10.V/c1-14(21)6-4-3-5-8-20-11-15(18-19-20)12-23-13-17-10-16(22-2)7-9-24-17;1-3-4-2;/h11,16-17H,3-10,12-13H2,1-2H3;3-4H2,1-2H3;/t16-,17+;;/m0../s1. The summed E-state index contributed by atoms with van der Waals surface area (Å²) < 4.78 is 18.6. The molecule has 0 N–H and O–H groups in total. The average Bonchev–Trinajstić information content (AvgIpc) is 3.15. The SMILES string of the molecule is CCCC.CO[C@H]1CCO[C@@H](COCc2cn(CCCCCC(C)=O)nn2)C1.[V]. The van der Waals surface area contributed by atoms with Crippen LogP contribution in [-0.2, 0) is 50.7 Å². The van der Waals surface area contributed by atoms with E-state index in [2.05, 4.69) is 24.2 Å². The van der Waals surface area contributed by atoms with Gasteiger partial charge in [0.15, 0.2) is 0 Å². The number of hydrogen-bond donors (Lipinski definition) is 0. The molecule has 29 heavy (non-hydrogen) atoms. The Labute approximate surface area is 188 Å². The van der Waals surface area contributed by atoms with E-state index in [0.717, 1.165) is 50.9 Å². The van der Waals surface area contributed by atoms with Crippen LogP contribution in [0.15, 0.2) is 6.20 Å². The number of aryl methyl sites for hydroxylation is 1. The van der Waals surface area contributed by atoms with Crippen LogP contribution < -0.4 is 0 Å². The summed E-state index contributed by atoms with van der Waals surface area (Å²) in [5.41, 5.74) is 0.831. The van der Waals surface area contributed by atoms with Crippen LogP contribution in [0.2, 0.25) is 0 Å². The smallest absolute Gasteiger partial charge is 0.129 e. The molecule has 1 radical (unpaired) electrons. The number of carbonyl (C=O) groups excluding carboxylic acids is 1. The van der Waals surface area contributed by atoms with Gasteiger partial charge < -0.3 is 19.0 Å². The molecule has 1 saturated heterocycles. The molecule has 8 heteroatoms. The summed E-state index contributed by atoms with van der Waals surface area (Å²) in [5, 5.41) is 8.23. The summed E-state index contributed by atoms with van der Waals surface area (Å²) in [5.74, 6) is 0.258. The van der Waals surface area contributed by atoms with Crippen molar-refractivity contribution in [3.8, 4) is 0 Å². The van der Waals surface area contributed by atoms with E-state index in [-0.39, 0.29) is 36.5 Å². The Hall–Kier alpha value is -0.726. The topological polar surface area (TPSA) is 75.5 Å². The molecule has 1 aromatic rings. The molecule has 0 aromatic carbocycles. The van der Waals surface area contributed by atoms with E-state index in [4.69, 9.17) is 14.2 Å². The fourth-order valence-electron chi connectivity index (χ4n) is 2.81. The summed E-state index contributed by atoms with van der Waals surface area (Å²) in [6.07, 6.45) is 10.4. The van der Waals surface area contributed by atoms with Gasteiger partial charge in [0.25, 0.3) is 0 Å². The van der Waals surface area contributed by atoms with Gasteiger partial charge in [-0.3, -0.25) is 4.68 Å². The minimum absolute atomic E-state index is 0. The molecule has 0 spiro atoms. The molecule has 2 heterocycles. The van der Waals surface area contributed by atoms with Crippen molar-refractivity contribution < 1.29 is 37.6 Å². The predicted octanol–water partition coefficient (Wildman–Crippen LogP) is 3.94. The fourth-order valence-corrected chi connectivity index (χ4v) is 2.81. The molecule has 1 aromatic heterocycles. The second-order valence-electron chi connectivity index (χ2n) is 7.38. The zero-order valence-corrected chi connectivity index (χ0v) is 20.0. The number of methoxy groups -OCH3 is 1. The maximum Gasteiger partial charge on any atom is 0.129 e. The van der Waals surface area contributed by atoms with Gasteiger partial charge in [0.2, 0.25) is 0 Å². The Morgan fingerprint density at radius 3 is 2.69 bits per heavy atom. The Balaban J connectivity index is 0.00000143. The number of ether oxygens (including phenoxy) is 3. The summed E-state index contributed by atoms with van der Waals surface area (Å²) >= 11 is 0. The van der Waals surface area contributed by atoms with Gasteiger partial charge in [0.05, 0.1) is 31.6 Å². The van der Waals surface area contributed by atoms with Crippen LogP contribution in [0.5, 0.6) is 0 Å². The molecule has 2 atom stereocenters. The minimum Gasteiger partial charge on any atom is -0.381 e. The Morgan fingerprint density at radius 2 is 2.03 bits per heavy atom. The van der Waals surface area contributed by atoms with E-state index < -0.39 is 0 Å². The number of Topliss-reactive ketones (excluding diaryl/α,β-unsaturated/α-hetero) is 1. The summed E-state index contributed by atoms with van der Waals surface area (Å²) in [7, 11) is 1.74. The largest absolute Gasteiger partial charge is 0.381 e. The third kappa shape index (κ3) is 14.0. The predicted molar refractivity (Wildman–Crippen MR) is 109 cm³/mol.